The van der Waals surface area contributed by atoms with Gasteiger partial charge in [-0.2, -0.15) is 0 Å². The highest BCUT2D eigenvalue weighted by Gasteiger charge is 2.21. The number of anilines is 1. The van der Waals surface area contributed by atoms with Gasteiger partial charge in [-0.25, -0.2) is 4.98 Å². The molecule has 1 saturated heterocycles. The highest BCUT2D eigenvalue weighted by Crippen LogP contribution is 2.32. The van der Waals surface area contributed by atoms with Crippen molar-refractivity contribution in [1.29, 1.82) is 0 Å². The molecule has 1 aliphatic heterocycles. The summed E-state index contributed by atoms with van der Waals surface area (Å²) in [5.74, 6) is 0.613. The Balaban J connectivity index is 0.00000161. The highest BCUT2D eigenvalue weighted by molar-refractivity contribution is 7.22. The zero-order valence-corrected chi connectivity index (χ0v) is 13.0. The molecule has 2 heterocycles. The van der Waals surface area contributed by atoms with Gasteiger partial charge in [-0.15, -0.1) is 12.4 Å². The number of halogens is 1. The van der Waals surface area contributed by atoms with Crippen molar-refractivity contribution in [1.82, 2.24) is 4.98 Å². The second-order valence-electron chi connectivity index (χ2n) is 5.07. The summed E-state index contributed by atoms with van der Waals surface area (Å²) in [7, 11) is 0. The summed E-state index contributed by atoms with van der Waals surface area (Å²) < 4.78 is 0.992. The molecule has 21 heavy (non-hydrogen) atoms. The maximum Gasteiger partial charge on any atom is 0.271 e. The molecule has 2 N–H and O–H groups in total. The average molecular weight is 329 g/mol. The molecule has 8 heteroatoms. The maximum absolute atomic E-state index is 10.8. The molecule has 1 fully saturated rings. The third-order valence-electron chi connectivity index (χ3n) is 3.79. The Kier molecular flexibility index (Phi) is 4.97. The standard InChI is InChI=1S/C13H16N4O2S.ClH/c14-8-9-3-5-16(6-4-9)13-15-11-7-10(17(18)19)1-2-12(11)20-13;/h1-2,7,9H,3-6,8,14H2;1H. The van der Waals surface area contributed by atoms with Crippen molar-refractivity contribution < 1.29 is 4.92 Å². The Hall–Kier alpha value is -1.44. The lowest BCUT2D eigenvalue weighted by Gasteiger charge is -2.30. The lowest BCUT2D eigenvalue weighted by molar-refractivity contribution is -0.384. The first kappa shape index (κ1) is 15.9. The fraction of sp³-hybridized carbons (Fsp3) is 0.462. The van der Waals surface area contributed by atoms with Gasteiger partial charge in [0.15, 0.2) is 5.13 Å². The quantitative estimate of drug-likeness (QED) is 0.691. The molecule has 1 aromatic heterocycles. The third-order valence-corrected chi connectivity index (χ3v) is 4.89. The smallest absolute Gasteiger partial charge is 0.271 e. The van der Waals surface area contributed by atoms with Gasteiger partial charge in [-0.05, 0) is 31.4 Å². The molecule has 0 bridgehead atoms. The van der Waals surface area contributed by atoms with Crippen LogP contribution in [-0.2, 0) is 0 Å². The van der Waals surface area contributed by atoms with Crippen LogP contribution in [0.1, 0.15) is 12.8 Å². The molecule has 1 aliphatic rings. The molecule has 2 aromatic rings. The van der Waals surface area contributed by atoms with E-state index >= 15 is 0 Å². The topological polar surface area (TPSA) is 85.3 Å². The molecule has 0 unspecified atom stereocenters. The van der Waals surface area contributed by atoms with E-state index in [0.717, 1.165) is 42.3 Å². The number of nitro benzene ring substituents is 1. The van der Waals surface area contributed by atoms with Crippen LogP contribution in [0.2, 0.25) is 0 Å². The third kappa shape index (κ3) is 3.25. The largest absolute Gasteiger partial charge is 0.348 e. The van der Waals surface area contributed by atoms with Crippen molar-refractivity contribution in [3.63, 3.8) is 0 Å². The number of thiazole rings is 1. The van der Waals surface area contributed by atoms with E-state index in [2.05, 4.69) is 9.88 Å². The van der Waals surface area contributed by atoms with Crippen molar-refractivity contribution in [3.8, 4) is 0 Å². The fourth-order valence-electron chi connectivity index (χ4n) is 2.51. The van der Waals surface area contributed by atoms with Crippen molar-refractivity contribution in [3.05, 3.63) is 28.3 Å². The lowest BCUT2D eigenvalue weighted by Crippen LogP contribution is -2.35. The number of nitro groups is 1. The number of hydrogen-bond acceptors (Lipinski definition) is 6. The minimum absolute atomic E-state index is 0. The zero-order chi connectivity index (χ0) is 14.1. The predicted octanol–water partition coefficient (Wildman–Crippen LogP) is 2.80. The summed E-state index contributed by atoms with van der Waals surface area (Å²) in [5, 5.41) is 11.7. The Morgan fingerprint density at radius 3 is 2.76 bits per heavy atom. The molecule has 0 saturated carbocycles. The van der Waals surface area contributed by atoms with Crippen LogP contribution >= 0.6 is 23.7 Å². The number of fused-ring (bicyclic) bond motifs is 1. The molecular weight excluding hydrogens is 312 g/mol. The summed E-state index contributed by atoms with van der Waals surface area (Å²) >= 11 is 1.59. The van der Waals surface area contributed by atoms with Crippen molar-refractivity contribution >= 4 is 44.8 Å². The normalized spacial score (nSPS) is 16.0. The highest BCUT2D eigenvalue weighted by atomic mass is 35.5. The van der Waals surface area contributed by atoms with Crippen LogP contribution in [0.25, 0.3) is 10.2 Å². The number of piperidine rings is 1. The number of nitrogens with two attached hydrogens (primary N) is 1. The zero-order valence-electron chi connectivity index (χ0n) is 11.4. The van der Waals surface area contributed by atoms with Crippen LogP contribution in [0.3, 0.4) is 0 Å². The molecule has 0 amide bonds. The molecular formula is C13H17ClN4O2S. The van der Waals surface area contributed by atoms with E-state index in [0.29, 0.717) is 11.4 Å². The van der Waals surface area contributed by atoms with Gasteiger partial charge >= 0.3 is 0 Å². The molecule has 114 valence electrons. The van der Waals surface area contributed by atoms with E-state index in [1.807, 2.05) is 0 Å². The number of nitrogens with zero attached hydrogens (tertiary/aromatic N) is 3. The van der Waals surface area contributed by atoms with Gasteiger partial charge in [-0.3, -0.25) is 10.1 Å². The second-order valence-corrected chi connectivity index (χ2v) is 6.08. The Labute approximate surface area is 132 Å². The molecule has 6 nitrogen and oxygen atoms in total. The summed E-state index contributed by atoms with van der Waals surface area (Å²) in [5.41, 5.74) is 6.50. The van der Waals surface area contributed by atoms with Crippen LogP contribution in [0.5, 0.6) is 0 Å². The van der Waals surface area contributed by atoms with Crippen molar-refractivity contribution in [2.45, 2.75) is 12.8 Å². The van der Waals surface area contributed by atoms with Gasteiger partial charge in [0.1, 0.15) is 0 Å². The monoisotopic (exact) mass is 328 g/mol. The van der Waals surface area contributed by atoms with Gasteiger partial charge in [-0.1, -0.05) is 11.3 Å². The van der Waals surface area contributed by atoms with Crippen LogP contribution in [-0.4, -0.2) is 29.5 Å². The first-order chi connectivity index (χ1) is 9.67. The minimum atomic E-state index is -0.384. The van der Waals surface area contributed by atoms with Crippen molar-refractivity contribution in [2.75, 3.05) is 24.5 Å². The Morgan fingerprint density at radius 1 is 1.43 bits per heavy atom. The number of benzene rings is 1. The van der Waals surface area contributed by atoms with Crippen LogP contribution in [0, 0.1) is 16.0 Å². The number of hydrogen-bond donors (Lipinski definition) is 1. The number of non-ortho nitro benzene ring substituents is 1. The summed E-state index contributed by atoms with van der Waals surface area (Å²) in [4.78, 5) is 17.2. The van der Waals surface area contributed by atoms with E-state index < -0.39 is 0 Å². The molecule has 0 radical (unpaired) electrons. The van der Waals surface area contributed by atoms with E-state index in [-0.39, 0.29) is 23.0 Å². The molecule has 0 atom stereocenters. The Bertz CT molecular complexity index is 640. The first-order valence-corrected chi connectivity index (χ1v) is 7.49. The van der Waals surface area contributed by atoms with E-state index in [9.17, 15) is 10.1 Å². The number of aromatic nitrogens is 1. The van der Waals surface area contributed by atoms with Gasteiger partial charge in [0.05, 0.1) is 15.1 Å². The fourth-order valence-corrected chi connectivity index (χ4v) is 3.51. The predicted molar refractivity (Wildman–Crippen MR) is 87.5 cm³/mol. The van der Waals surface area contributed by atoms with Crippen LogP contribution < -0.4 is 10.6 Å². The summed E-state index contributed by atoms with van der Waals surface area (Å²) in [6, 6.07) is 4.86. The minimum Gasteiger partial charge on any atom is -0.348 e. The average Bonchev–Trinajstić information content (AvgIpc) is 2.90. The molecule has 1 aromatic carbocycles. The summed E-state index contributed by atoms with van der Waals surface area (Å²) in [6.45, 7) is 2.67. The van der Waals surface area contributed by atoms with Crippen LogP contribution in [0.4, 0.5) is 10.8 Å². The van der Waals surface area contributed by atoms with Crippen LogP contribution in [0.15, 0.2) is 18.2 Å². The van der Waals surface area contributed by atoms with Crippen molar-refractivity contribution in [2.24, 2.45) is 11.7 Å². The van der Waals surface area contributed by atoms with Gasteiger partial charge in [0, 0.05) is 25.2 Å². The second kappa shape index (κ2) is 6.55. The molecule has 0 spiro atoms. The lowest BCUT2D eigenvalue weighted by atomic mass is 9.98. The SMILES string of the molecule is Cl.NCC1CCN(c2nc3cc([N+](=O)[O-])ccc3s2)CC1. The van der Waals surface area contributed by atoms with E-state index in [1.54, 1.807) is 23.5 Å². The maximum atomic E-state index is 10.8. The number of rotatable bonds is 3. The molecule has 0 aliphatic carbocycles. The van der Waals surface area contributed by atoms with Gasteiger partial charge in [0.25, 0.3) is 5.69 Å². The van der Waals surface area contributed by atoms with E-state index in [1.165, 1.54) is 6.07 Å². The Morgan fingerprint density at radius 2 is 2.14 bits per heavy atom. The van der Waals surface area contributed by atoms with Gasteiger partial charge in [0.2, 0.25) is 0 Å². The summed E-state index contributed by atoms with van der Waals surface area (Å²) in [6.07, 6.45) is 2.18. The van der Waals surface area contributed by atoms with Gasteiger partial charge < -0.3 is 10.6 Å². The first-order valence-electron chi connectivity index (χ1n) is 6.67. The van der Waals surface area contributed by atoms with E-state index in [4.69, 9.17) is 5.73 Å². The molecule has 3 rings (SSSR count).